The summed E-state index contributed by atoms with van der Waals surface area (Å²) in [5, 5.41) is 4.90. The van der Waals surface area contributed by atoms with Gasteiger partial charge in [-0.05, 0) is 42.9 Å². The molecular formula is C24H29ClN4O2. The van der Waals surface area contributed by atoms with Gasteiger partial charge in [-0.25, -0.2) is 0 Å². The van der Waals surface area contributed by atoms with Crippen molar-refractivity contribution in [3.8, 4) is 11.1 Å². The van der Waals surface area contributed by atoms with E-state index in [1.165, 1.54) is 0 Å². The third-order valence-corrected chi connectivity index (χ3v) is 6.63. The number of Topliss-reactive ketones (excluding diaryl/α,β-unsaturated/α-hetero) is 1. The Hall–Kier alpha value is -2.60. The average Bonchev–Trinajstić information content (AvgIpc) is 3.31. The largest absolute Gasteiger partial charge is 0.383 e. The maximum absolute atomic E-state index is 13.2. The Bertz CT molecular complexity index is 1030. The van der Waals surface area contributed by atoms with Crippen molar-refractivity contribution in [1.82, 2.24) is 19.6 Å². The number of aromatic nitrogens is 2. The average molecular weight is 441 g/mol. The van der Waals surface area contributed by atoms with Crippen LogP contribution in [-0.4, -0.2) is 58.0 Å². The van der Waals surface area contributed by atoms with Crippen molar-refractivity contribution < 1.29 is 9.59 Å². The maximum atomic E-state index is 13.2. The van der Waals surface area contributed by atoms with Crippen LogP contribution >= 0.6 is 11.6 Å². The van der Waals surface area contributed by atoms with Gasteiger partial charge in [0.25, 0.3) is 0 Å². The van der Waals surface area contributed by atoms with E-state index >= 15 is 0 Å². The number of carbonyl (C=O) groups is 2. The Morgan fingerprint density at radius 3 is 2.71 bits per heavy atom. The van der Waals surface area contributed by atoms with Gasteiger partial charge >= 0.3 is 0 Å². The molecule has 1 saturated heterocycles. The summed E-state index contributed by atoms with van der Waals surface area (Å²) in [5.74, 6) is 0.338. The van der Waals surface area contributed by atoms with E-state index in [1.807, 2.05) is 67.7 Å². The smallest absolute Gasteiger partial charge is 0.226 e. The Kier molecular flexibility index (Phi) is 6.19. The summed E-state index contributed by atoms with van der Waals surface area (Å²) in [5.41, 5.74) is 3.87. The Labute approximate surface area is 188 Å². The van der Waals surface area contributed by atoms with E-state index in [9.17, 15) is 9.59 Å². The predicted molar refractivity (Wildman–Crippen MR) is 122 cm³/mol. The number of hydrogen-bond donors (Lipinski definition) is 0. The fourth-order valence-electron chi connectivity index (χ4n) is 4.67. The van der Waals surface area contributed by atoms with E-state index in [-0.39, 0.29) is 23.7 Å². The van der Waals surface area contributed by atoms with E-state index < -0.39 is 0 Å². The van der Waals surface area contributed by atoms with Crippen LogP contribution in [0.3, 0.4) is 0 Å². The number of rotatable bonds is 5. The molecule has 0 bridgehead atoms. The Morgan fingerprint density at radius 1 is 1.23 bits per heavy atom. The number of hydrogen-bond acceptors (Lipinski definition) is 4. The van der Waals surface area contributed by atoms with Crippen LogP contribution in [-0.2, 0) is 23.1 Å². The highest BCUT2D eigenvalue weighted by Gasteiger charge is 2.38. The minimum absolute atomic E-state index is 0.0550. The van der Waals surface area contributed by atoms with Crippen molar-refractivity contribution >= 4 is 23.3 Å². The molecule has 2 unspecified atom stereocenters. The molecule has 1 aromatic heterocycles. The lowest BCUT2D eigenvalue weighted by Crippen LogP contribution is -2.41. The first-order chi connectivity index (χ1) is 14.8. The predicted octanol–water partition coefficient (Wildman–Crippen LogP) is 3.70. The maximum Gasteiger partial charge on any atom is 0.226 e. The summed E-state index contributed by atoms with van der Waals surface area (Å²) < 4.78 is 1.76. The lowest BCUT2D eigenvalue weighted by atomic mass is 9.89. The van der Waals surface area contributed by atoms with Crippen LogP contribution in [0.2, 0.25) is 5.02 Å². The third-order valence-electron chi connectivity index (χ3n) is 6.28. The van der Waals surface area contributed by atoms with Gasteiger partial charge in [0.05, 0.1) is 6.20 Å². The molecule has 0 N–H and O–H groups in total. The van der Waals surface area contributed by atoms with Crippen molar-refractivity contribution in [1.29, 1.82) is 0 Å². The molecule has 2 atom stereocenters. The molecule has 6 nitrogen and oxygen atoms in total. The van der Waals surface area contributed by atoms with Crippen molar-refractivity contribution in [2.24, 2.45) is 13.0 Å². The van der Waals surface area contributed by atoms with E-state index in [0.29, 0.717) is 24.3 Å². The molecule has 2 fully saturated rings. The van der Waals surface area contributed by atoms with Crippen molar-refractivity contribution in [3.05, 3.63) is 53.0 Å². The van der Waals surface area contributed by atoms with Crippen LogP contribution in [0.15, 0.2) is 42.4 Å². The van der Waals surface area contributed by atoms with Gasteiger partial charge in [0.1, 0.15) is 0 Å². The van der Waals surface area contributed by atoms with Gasteiger partial charge in [0.2, 0.25) is 5.91 Å². The summed E-state index contributed by atoms with van der Waals surface area (Å²) in [6.07, 6.45) is 9.06. The van der Waals surface area contributed by atoms with E-state index in [4.69, 9.17) is 11.6 Å². The van der Waals surface area contributed by atoms with Crippen LogP contribution in [0.1, 0.15) is 31.2 Å². The molecular weight excluding hydrogens is 412 g/mol. The molecule has 2 aliphatic rings. The number of aryl methyl sites for hydroxylation is 1. The van der Waals surface area contributed by atoms with Crippen LogP contribution in [0.25, 0.3) is 11.1 Å². The summed E-state index contributed by atoms with van der Waals surface area (Å²) in [4.78, 5) is 29.3. The number of amides is 1. The first-order valence-corrected chi connectivity index (χ1v) is 11.2. The molecule has 0 radical (unpaired) electrons. The minimum Gasteiger partial charge on any atom is -0.383 e. The first kappa shape index (κ1) is 21.6. The molecule has 164 valence electrons. The molecule has 7 heteroatoms. The lowest BCUT2D eigenvalue weighted by molar-refractivity contribution is -0.134. The number of nitrogens with zero attached hydrogens (tertiary/aromatic N) is 4. The van der Waals surface area contributed by atoms with Crippen molar-refractivity contribution in [3.63, 3.8) is 0 Å². The van der Waals surface area contributed by atoms with Gasteiger partial charge in [0, 0.05) is 74.6 Å². The van der Waals surface area contributed by atoms with E-state index in [0.717, 1.165) is 41.6 Å². The second-order valence-corrected chi connectivity index (χ2v) is 9.28. The highest BCUT2D eigenvalue weighted by Crippen LogP contribution is 2.33. The number of benzene rings is 1. The zero-order valence-corrected chi connectivity index (χ0v) is 19.1. The van der Waals surface area contributed by atoms with Gasteiger partial charge in [-0.3, -0.25) is 14.3 Å². The van der Waals surface area contributed by atoms with Crippen molar-refractivity contribution in [2.45, 2.75) is 38.1 Å². The van der Waals surface area contributed by atoms with Gasteiger partial charge in [0.15, 0.2) is 5.78 Å². The monoisotopic (exact) mass is 440 g/mol. The molecule has 1 aromatic carbocycles. The fraction of sp³-hybridized carbons (Fsp3) is 0.458. The van der Waals surface area contributed by atoms with Crippen molar-refractivity contribution in [2.75, 3.05) is 20.6 Å². The molecule has 1 aliphatic heterocycles. The second-order valence-electron chi connectivity index (χ2n) is 8.87. The van der Waals surface area contributed by atoms with Gasteiger partial charge < -0.3 is 9.80 Å². The first-order valence-electron chi connectivity index (χ1n) is 10.8. The van der Waals surface area contributed by atoms with E-state index in [2.05, 4.69) is 5.10 Å². The lowest BCUT2D eigenvalue weighted by Gasteiger charge is -2.32. The Balaban J connectivity index is 1.43. The molecule has 1 amide bonds. The summed E-state index contributed by atoms with van der Waals surface area (Å²) in [6.45, 7) is 0.753. The highest BCUT2D eigenvalue weighted by molar-refractivity contribution is 6.31. The Morgan fingerprint density at radius 2 is 2.03 bits per heavy atom. The second kappa shape index (κ2) is 8.87. The normalized spacial score (nSPS) is 23.1. The zero-order valence-electron chi connectivity index (χ0n) is 18.3. The number of halogens is 1. The molecule has 1 saturated carbocycles. The SMILES string of the molecule is CN(C)/C=C1\CC(N2CCC(Cc3ccc(-c4cnn(C)c4)cc3Cl)C2=O)CCC1=O. The third kappa shape index (κ3) is 4.69. The van der Waals surface area contributed by atoms with Crippen LogP contribution < -0.4 is 0 Å². The van der Waals surface area contributed by atoms with E-state index in [1.54, 1.807) is 4.68 Å². The number of likely N-dealkylation sites (tertiary alicyclic amines) is 1. The fourth-order valence-corrected chi connectivity index (χ4v) is 4.93. The van der Waals surface area contributed by atoms with Crippen LogP contribution in [0.4, 0.5) is 0 Å². The van der Waals surface area contributed by atoms with Crippen LogP contribution in [0, 0.1) is 5.92 Å². The summed E-state index contributed by atoms with van der Waals surface area (Å²) >= 11 is 6.58. The molecule has 31 heavy (non-hydrogen) atoms. The molecule has 2 heterocycles. The molecule has 1 aliphatic carbocycles. The number of ketones is 1. The summed E-state index contributed by atoms with van der Waals surface area (Å²) in [6, 6.07) is 6.14. The standard InChI is InChI=1S/C24H29ClN4O2/c1-27(2)14-19-11-21(6-7-23(19)30)29-9-8-18(24(29)31)10-17-5-4-16(12-22(17)25)20-13-26-28(3)15-20/h4-5,12-15,18,21H,6-11H2,1-3H3/b19-14+. The quantitative estimate of drug-likeness (QED) is 0.665. The van der Waals surface area contributed by atoms with Gasteiger partial charge in [-0.1, -0.05) is 23.7 Å². The van der Waals surface area contributed by atoms with Gasteiger partial charge in [-0.2, -0.15) is 5.10 Å². The number of carbonyl (C=O) groups excluding carboxylic acids is 2. The highest BCUT2D eigenvalue weighted by atomic mass is 35.5. The topological polar surface area (TPSA) is 58.4 Å². The van der Waals surface area contributed by atoms with Gasteiger partial charge in [-0.15, -0.1) is 0 Å². The zero-order chi connectivity index (χ0) is 22.1. The molecule has 0 spiro atoms. The summed E-state index contributed by atoms with van der Waals surface area (Å²) in [7, 11) is 5.73. The van der Waals surface area contributed by atoms with Crippen LogP contribution in [0.5, 0.6) is 0 Å². The molecule has 2 aromatic rings. The minimum atomic E-state index is -0.0550. The molecule has 4 rings (SSSR count).